The van der Waals surface area contributed by atoms with E-state index >= 15 is 0 Å². The molecule has 0 atom stereocenters. The van der Waals surface area contributed by atoms with Crippen LogP contribution in [0.3, 0.4) is 0 Å². The monoisotopic (exact) mass is 444 g/mol. The van der Waals surface area contributed by atoms with Gasteiger partial charge in [-0.2, -0.15) is 10.5 Å². The Bertz CT molecular complexity index is 863. The Morgan fingerprint density at radius 1 is 0.833 bits per heavy atom. The van der Waals surface area contributed by atoms with Crippen LogP contribution >= 0.6 is 23.5 Å². The van der Waals surface area contributed by atoms with Gasteiger partial charge in [-0.3, -0.25) is 9.59 Å². The molecule has 1 aliphatic heterocycles. The van der Waals surface area contributed by atoms with Crippen molar-refractivity contribution >= 4 is 35.5 Å². The Hall–Kier alpha value is -2.42. The van der Waals surface area contributed by atoms with Gasteiger partial charge in [-0.05, 0) is 37.8 Å². The third-order valence-electron chi connectivity index (χ3n) is 4.92. The Labute approximate surface area is 185 Å². The first kappa shape index (κ1) is 23.9. The summed E-state index contributed by atoms with van der Waals surface area (Å²) in [6, 6.07) is 6.97. The van der Waals surface area contributed by atoms with E-state index in [1.54, 1.807) is 12.1 Å². The number of thioether (sulfide) groups is 2. The molecule has 0 spiro atoms. The molecule has 0 amide bonds. The zero-order valence-electron chi connectivity index (χ0n) is 17.5. The van der Waals surface area contributed by atoms with Crippen molar-refractivity contribution < 1.29 is 19.1 Å². The second kappa shape index (κ2) is 11.1. The number of ether oxygens (including phenoxy) is 2. The fraction of sp³-hybridized carbons (Fsp3) is 0.455. The molecule has 0 saturated heterocycles. The molecule has 2 rings (SSSR count). The van der Waals surface area contributed by atoms with Gasteiger partial charge in [0.25, 0.3) is 0 Å². The van der Waals surface area contributed by atoms with Crippen LogP contribution in [0, 0.1) is 34.5 Å². The van der Waals surface area contributed by atoms with E-state index in [4.69, 9.17) is 9.47 Å². The van der Waals surface area contributed by atoms with Crippen molar-refractivity contribution in [1.29, 1.82) is 10.5 Å². The zero-order valence-corrected chi connectivity index (χ0v) is 19.1. The normalized spacial score (nSPS) is 12.3. The highest BCUT2D eigenvalue weighted by Crippen LogP contribution is 2.59. The van der Waals surface area contributed by atoms with Crippen LogP contribution in [0.1, 0.15) is 53.4 Å². The minimum absolute atomic E-state index is 0.0317. The van der Waals surface area contributed by atoms with Crippen LogP contribution in [0.15, 0.2) is 31.7 Å². The standard InChI is InChI=1S/C22H24N2O4S2/c1-5-13(6-2)20(25)27-16-9-10-17(28-21(26)14(7-3)8-4)19-18(16)29-22(30-19)15(11-23)12-24/h9-10,13-14H,5-8H2,1-4H3. The van der Waals surface area contributed by atoms with Crippen LogP contribution in [0.5, 0.6) is 11.5 Å². The van der Waals surface area contributed by atoms with E-state index in [1.165, 1.54) is 23.5 Å². The summed E-state index contributed by atoms with van der Waals surface area (Å²) in [5.41, 5.74) is -0.0317. The van der Waals surface area contributed by atoms with Crippen LogP contribution in [0.2, 0.25) is 0 Å². The van der Waals surface area contributed by atoms with E-state index in [0.717, 1.165) is 0 Å². The molecule has 1 aromatic carbocycles. The van der Waals surface area contributed by atoms with Crippen LogP contribution < -0.4 is 9.47 Å². The minimum Gasteiger partial charge on any atom is -0.425 e. The second-order valence-electron chi connectivity index (χ2n) is 6.68. The maximum atomic E-state index is 12.5. The lowest BCUT2D eigenvalue weighted by atomic mass is 10.0. The Kier molecular flexibility index (Phi) is 8.83. The number of fused-ring (bicyclic) bond motifs is 1. The van der Waals surface area contributed by atoms with Gasteiger partial charge in [0, 0.05) is 0 Å². The maximum Gasteiger partial charge on any atom is 0.314 e. The molecule has 158 valence electrons. The average Bonchev–Trinajstić information content (AvgIpc) is 3.18. The van der Waals surface area contributed by atoms with Gasteiger partial charge in [-0.1, -0.05) is 51.2 Å². The lowest BCUT2D eigenvalue weighted by Gasteiger charge is -2.16. The molecule has 0 aromatic heterocycles. The first-order chi connectivity index (χ1) is 14.4. The van der Waals surface area contributed by atoms with Crippen molar-refractivity contribution in [3.8, 4) is 23.6 Å². The number of benzene rings is 1. The summed E-state index contributed by atoms with van der Waals surface area (Å²) < 4.78 is 11.8. The van der Waals surface area contributed by atoms with Gasteiger partial charge in [0.05, 0.1) is 25.9 Å². The molecule has 8 heteroatoms. The van der Waals surface area contributed by atoms with E-state index in [0.29, 0.717) is 51.2 Å². The molecule has 0 saturated carbocycles. The Balaban J connectivity index is 2.46. The maximum absolute atomic E-state index is 12.5. The van der Waals surface area contributed by atoms with Gasteiger partial charge in [0.15, 0.2) is 0 Å². The molecule has 1 aliphatic rings. The number of nitrogens with zero attached hydrogens (tertiary/aromatic N) is 2. The predicted octanol–water partition coefficient (Wildman–Crippen LogP) is 5.83. The van der Waals surface area contributed by atoms with E-state index in [9.17, 15) is 20.1 Å². The van der Waals surface area contributed by atoms with Gasteiger partial charge in [0.2, 0.25) is 0 Å². The molecule has 1 aromatic rings. The summed E-state index contributed by atoms with van der Waals surface area (Å²) in [4.78, 5) is 26.1. The van der Waals surface area contributed by atoms with Crippen LogP contribution in [0.25, 0.3) is 0 Å². The van der Waals surface area contributed by atoms with E-state index in [2.05, 4.69) is 0 Å². The molecular weight excluding hydrogens is 420 g/mol. The highest BCUT2D eigenvalue weighted by Gasteiger charge is 2.31. The second-order valence-corrected chi connectivity index (χ2v) is 8.98. The lowest BCUT2D eigenvalue weighted by molar-refractivity contribution is -0.140. The third kappa shape index (κ3) is 5.19. The smallest absolute Gasteiger partial charge is 0.314 e. The van der Waals surface area contributed by atoms with Crippen molar-refractivity contribution in [3.63, 3.8) is 0 Å². The number of carbonyl (C=O) groups excluding carboxylic acids is 2. The third-order valence-corrected chi connectivity index (χ3v) is 7.54. The van der Waals surface area contributed by atoms with E-state index < -0.39 is 0 Å². The fourth-order valence-electron chi connectivity index (χ4n) is 2.93. The first-order valence-corrected chi connectivity index (χ1v) is 11.6. The summed E-state index contributed by atoms with van der Waals surface area (Å²) >= 11 is 2.36. The fourth-order valence-corrected chi connectivity index (χ4v) is 5.41. The van der Waals surface area contributed by atoms with Crippen molar-refractivity contribution in [2.45, 2.75) is 63.2 Å². The largest absolute Gasteiger partial charge is 0.425 e. The number of nitriles is 2. The van der Waals surface area contributed by atoms with E-state index in [1.807, 2.05) is 39.8 Å². The summed E-state index contributed by atoms with van der Waals surface area (Å²) in [6.45, 7) is 7.71. The number of rotatable bonds is 8. The number of hydrogen-bond donors (Lipinski definition) is 0. The van der Waals surface area contributed by atoms with Crippen molar-refractivity contribution in [2.24, 2.45) is 11.8 Å². The quantitative estimate of drug-likeness (QED) is 0.281. The lowest BCUT2D eigenvalue weighted by Crippen LogP contribution is -2.20. The SMILES string of the molecule is CCC(CC)C(=O)Oc1ccc(OC(=O)C(CC)CC)c2c1SC(=C(C#N)C#N)S2. The molecule has 30 heavy (non-hydrogen) atoms. The Morgan fingerprint density at radius 2 is 1.20 bits per heavy atom. The molecule has 6 nitrogen and oxygen atoms in total. The molecule has 0 N–H and O–H groups in total. The summed E-state index contributed by atoms with van der Waals surface area (Å²) in [5, 5.41) is 18.5. The number of allylic oxidation sites excluding steroid dienone is 1. The van der Waals surface area contributed by atoms with Crippen molar-refractivity contribution in [1.82, 2.24) is 0 Å². The molecular formula is C22H24N2O4S2. The van der Waals surface area contributed by atoms with Crippen LogP contribution in [0.4, 0.5) is 0 Å². The summed E-state index contributed by atoms with van der Waals surface area (Å²) in [7, 11) is 0. The topological polar surface area (TPSA) is 100 Å². The van der Waals surface area contributed by atoms with Gasteiger partial charge in [-0.15, -0.1) is 0 Å². The van der Waals surface area contributed by atoms with Gasteiger partial charge in [-0.25, -0.2) is 0 Å². The first-order valence-electron chi connectivity index (χ1n) is 9.94. The van der Waals surface area contributed by atoms with Crippen molar-refractivity contribution in [2.75, 3.05) is 0 Å². The molecule has 0 aliphatic carbocycles. The number of hydrogen-bond acceptors (Lipinski definition) is 8. The van der Waals surface area contributed by atoms with Gasteiger partial charge < -0.3 is 9.47 Å². The highest BCUT2D eigenvalue weighted by atomic mass is 32.2. The highest BCUT2D eigenvalue weighted by molar-refractivity contribution is 8.24. The van der Waals surface area contributed by atoms with Crippen LogP contribution in [-0.2, 0) is 9.59 Å². The zero-order chi connectivity index (χ0) is 22.3. The average molecular weight is 445 g/mol. The molecule has 1 heterocycles. The Morgan fingerprint density at radius 3 is 1.50 bits per heavy atom. The number of carbonyl (C=O) groups is 2. The molecule has 0 bridgehead atoms. The van der Waals surface area contributed by atoms with Crippen molar-refractivity contribution in [3.05, 3.63) is 21.9 Å². The predicted molar refractivity (Wildman–Crippen MR) is 116 cm³/mol. The minimum atomic E-state index is -0.326. The van der Waals surface area contributed by atoms with Gasteiger partial charge in [0.1, 0.15) is 29.2 Å². The number of esters is 2. The molecule has 0 radical (unpaired) electrons. The summed E-state index contributed by atoms with van der Waals surface area (Å²) in [5.74, 6) is -0.397. The molecule has 0 unspecified atom stereocenters. The van der Waals surface area contributed by atoms with E-state index in [-0.39, 0.29) is 29.3 Å². The summed E-state index contributed by atoms with van der Waals surface area (Å²) in [6.07, 6.45) is 2.68. The van der Waals surface area contributed by atoms with Gasteiger partial charge >= 0.3 is 11.9 Å². The molecule has 0 fully saturated rings. The van der Waals surface area contributed by atoms with Crippen LogP contribution in [-0.4, -0.2) is 11.9 Å².